The average molecular weight is 237 g/mol. The van der Waals surface area contributed by atoms with E-state index in [9.17, 15) is 5.11 Å². The van der Waals surface area contributed by atoms with Crippen LogP contribution in [0.4, 0.5) is 0 Å². The molecule has 0 aromatic heterocycles. The zero-order valence-corrected chi connectivity index (χ0v) is 10.3. The SMILES string of the molecule is COc1ccc(C(N)C2(CO)CC2)cc1OC. The molecule has 0 radical (unpaired) electrons. The highest BCUT2D eigenvalue weighted by molar-refractivity contribution is 5.44. The fourth-order valence-electron chi connectivity index (χ4n) is 2.13. The van der Waals surface area contributed by atoms with Crippen LogP contribution in [0.1, 0.15) is 24.4 Å². The summed E-state index contributed by atoms with van der Waals surface area (Å²) in [6, 6.07) is 5.52. The molecule has 4 nitrogen and oxygen atoms in total. The molecule has 1 aliphatic carbocycles. The number of benzene rings is 1. The number of aliphatic hydroxyl groups excluding tert-OH is 1. The molecule has 1 aromatic carbocycles. The smallest absolute Gasteiger partial charge is 0.161 e. The van der Waals surface area contributed by atoms with Gasteiger partial charge in [-0.25, -0.2) is 0 Å². The fourth-order valence-corrected chi connectivity index (χ4v) is 2.13. The van der Waals surface area contributed by atoms with Crippen molar-refractivity contribution in [3.8, 4) is 11.5 Å². The number of methoxy groups -OCH3 is 2. The molecule has 0 bridgehead atoms. The van der Waals surface area contributed by atoms with E-state index in [2.05, 4.69) is 0 Å². The second-order valence-corrected chi connectivity index (χ2v) is 4.61. The number of rotatable bonds is 5. The molecule has 0 aliphatic heterocycles. The van der Waals surface area contributed by atoms with Crippen LogP contribution >= 0.6 is 0 Å². The predicted octanol–water partition coefficient (Wildman–Crippen LogP) is 1.48. The Kier molecular flexibility index (Phi) is 3.26. The predicted molar refractivity (Wildman–Crippen MR) is 65.2 cm³/mol. The highest BCUT2D eigenvalue weighted by Crippen LogP contribution is 2.53. The van der Waals surface area contributed by atoms with Crippen LogP contribution in [0.3, 0.4) is 0 Å². The fraction of sp³-hybridized carbons (Fsp3) is 0.538. The van der Waals surface area contributed by atoms with E-state index in [1.807, 2.05) is 18.2 Å². The molecule has 0 heterocycles. The molecular formula is C13H19NO3. The first-order valence-corrected chi connectivity index (χ1v) is 5.75. The Bertz CT molecular complexity index is 402. The monoisotopic (exact) mass is 237 g/mol. The first-order valence-electron chi connectivity index (χ1n) is 5.75. The lowest BCUT2D eigenvalue weighted by atomic mass is 9.91. The molecule has 1 saturated carbocycles. The van der Waals surface area contributed by atoms with Crippen LogP contribution in [-0.4, -0.2) is 25.9 Å². The summed E-state index contributed by atoms with van der Waals surface area (Å²) in [6.07, 6.45) is 1.97. The molecule has 1 atom stereocenters. The molecule has 1 fully saturated rings. The normalized spacial score (nSPS) is 18.6. The summed E-state index contributed by atoms with van der Waals surface area (Å²) in [5.74, 6) is 1.37. The molecule has 0 saturated heterocycles. The van der Waals surface area contributed by atoms with Gasteiger partial charge in [-0.15, -0.1) is 0 Å². The highest BCUT2D eigenvalue weighted by atomic mass is 16.5. The number of nitrogens with two attached hydrogens (primary N) is 1. The van der Waals surface area contributed by atoms with Gasteiger partial charge in [0.15, 0.2) is 11.5 Å². The number of hydrogen-bond donors (Lipinski definition) is 2. The Morgan fingerprint density at radius 1 is 1.29 bits per heavy atom. The summed E-state index contributed by atoms with van der Waals surface area (Å²) in [5.41, 5.74) is 7.06. The van der Waals surface area contributed by atoms with Crippen molar-refractivity contribution in [2.75, 3.05) is 20.8 Å². The van der Waals surface area contributed by atoms with E-state index in [-0.39, 0.29) is 18.1 Å². The van der Waals surface area contributed by atoms with E-state index in [1.54, 1.807) is 14.2 Å². The maximum atomic E-state index is 9.38. The molecule has 94 valence electrons. The van der Waals surface area contributed by atoms with Gasteiger partial charge in [-0.2, -0.15) is 0 Å². The van der Waals surface area contributed by atoms with Crippen LogP contribution in [0.25, 0.3) is 0 Å². The molecule has 0 spiro atoms. The van der Waals surface area contributed by atoms with Crippen molar-refractivity contribution in [1.29, 1.82) is 0 Å². The molecule has 2 rings (SSSR count). The summed E-state index contributed by atoms with van der Waals surface area (Å²) in [6.45, 7) is 0.141. The van der Waals surface area contributed by atoms with Crippen molar-refractivity contribution in [3.63, 3.8) is 0 Å². The summed E-state index contributed by atoms with van der Waals surface area (Å²) in [5, 5.41) is 9.38. The molecule has 17 heavy (non-hydrogen) atoms. The standard InChI is InChI=1S/C13H19NO3/c1-16-10-4-3-9(7-11(10)17-2)12(14)13(8-15)5-6-13/h3-4,7,12,15H,5-6,8,14H2,1-2H3. The zero-order valence-electron chi connectivity index (χ0n) is 10.3. The highest BCUT2D eigenvalue weighted by Gasteiger charge is 2.47. The quantitative estimate of drug-likeness (QED) is 0.814. The van der Waals surface area contributed by atoms with Gasteiger partial charge in [0, 0.05) is 11.5 Å². The third-order valence-corrected chi connectivity index (χ3v) is 3.63. The van der Waals surface area contributed by atoms with Gasteiger partial charge in [0.05, 0.1) is 20.8 Å². The number of aliphatic hydroxyl groups is 1. The Hall–Kier alpha value is -1.26. The van der Waals surface area contributed by atoms with Crippen molar-refractivity contribution in [1.82, 2.24) is 0 Å². The van der Waals surface area contributed by atoms with Gasteiger partial charge >= 0.3 is 0 Å². The summed E-state index contributed by atoms with van der Waals surface area (Å²) < 4.78 is 10.4. The van der Waals surface area contributed by atoms with Crippen LogP contribution in [0.5, 0.6) is 11.5 Å². The van der Waals surface area contributed by atoms with E-state index < -0.39 is 0 Å². The lowest BCUT2D eigenvalue weighted by Crippen LogP contribution is -2.25. The first kappa shape index (κ1) is 12.2. The molecule has 4 heteroatoms. The minimum atomic E-state index is -0.146. The minimum absolute atomic E-state index is 0.125. The van der Waals surface area contributed by atoms with Crippen molar-refractivity contribution >= 4 is 0 Å². The van der Waals surface area contributed by atoms with Crippen LogP contribution in [0, 0.1) is 5.41 Å². The van der Waals surface area contributed by atoms with Gasteiger partial charge in [0.2, 0.25) is 0 Å². The van der Waals surface area contributed by atoms with Crippen LogP contribution in [-0.2, 0) is 0 Å². The number of hydrogen-bond acceptors (Lipinski definition) is 4. The second kappa shape index (κ2) is 4.55. The van der Waals surface area contributed by atoms with Gasteiger partial charge in [-0.1, -0.05) is 6.07 Å². The van der Waals surface area contributed by atoms with Crippen LogP contribution < -0.4 is 15.2 Å². The van der Waals surface area contributed by atoms with Gasteiger partial charge in [0.25, 0.3) is 0 Å². The third-order valence-electron chi connectivity index (χ3n) is 3.63. The second-order valence-electron chi connectivity index (χ2n) is 4.61. The zero-order chi connectivity index (χ0) is 12.5. The Morgan fingerprint density at radius 3 is 2.41 bits per heavy atom. The molecule has 3 N–H and O–H groups in total. The summed E-state index contributed by atoms with van der Waals surface area (Å²) >= 11 is 0. The maximum absolute atomic E-state index is 9.38. The maximum Gasteiger partial charge on any atom is 0.161 e. The van der Waals surface area contributed by atoms with Crippen molar-refractivity contribution < 1.29 is 14.6 Å². The van der Waals surface area contributed by atoms with E-state index in [4.69, 9.17) is 15.2 Å². The molecule has 0 amide bonds. The van der Waals surface area contributed by atoms with Crippen molar-refractivity contribution in [3.05, 3.63) is 23.8 Å². The van der Waals surface area contributed by atoms with Crippen molar-refractivity contribution in [2.45, 2.75) is 18.9 Å². The van der Waals surface area contributed by atoms with Gasteiger partial charge in [-0.05, 0) is 30.5 Å². The lowest BCUT2D eigenvalue weighted by Gasteiger charge is -2.22. The third kappa shape index (κ3) is 2.10. The molecular weight excluding hydrogens is 218 g/mol. The largest absolute Gasteiger partial charge is 0.493 e. The Labute approximate surface area is 101 Å². The Morgan fingerprint density at radius 2 is 1.94 bits per heavy atom. The molecule has 1 aromatic rings. The van der Waals surface area contributed by atoms with Crippen LogP contribution in [0.2, 0.25) is 0 Å². The lowest BCUT2D eigenvalue weighted by molar-refractivity contribution is 0.187. The van der Waals surface area contributed by atoms with Crippen LogP contribution in [0.15, 0.2) is 18.2 Å². The minimum Gasteiger partial charge on any atom is -0.493 e. The van der Waals surface area contributed by atoms with E-state index in [1.165, 1.54) is 0 Å². The molecule has 1 unspecified atom stereocenters. The number of ether oxygens (including phenoxy) is 2. The van der Waals surface area contributed by atoms with Gasteiger partial charge < -0.3 is 20.3 Å². The topological polar surface area (TPSA) is 64.7 Å². The average Bonchev–Trinajstić information content (AvgIpc) is 3.18. The Balaban J connectivity index is 2.27. The summed E-state index contributed by atoms with van der Waals surface area (Å²) in [7, 11) is 3.21. The summed E-state index contributed by atoms with van der Waals surface area (Å²) in [4.78, 5) is 0. The van der Waals surface area contributed by atoms with E-state index in [0.29, 0.717) is 11.5 Å². The van der Waals surface area contributed by atoms with Gasteiger partial charge in [0.1, 0.15) is 0 Å². The van der Waals surface area contributed by atoms with Gasteiger partial charge in [-0.3, -0.25) is 0 Å². The van der Waals surface area contributed by atoms with Crippen molar-refractivity contribution in [2.24, 2.45) is 11.1 Å². The van der Waals surface area contributed by atoms with E-state index in [0.717, 1.165) is 18.4 Å². The molecule has 1 aliphatic rings. The van der Waals surface area contributed by atoms with E-state index >= 15 is 0 Å². The first-order chi connectivity index (χ1) is 8.16.